The van der Waals surface area contributed by atoms with Gasteiger partial charge in [-0.1, -0.05) is 36.4 Å². The van der Waals surface area contributed by atoms with Gasteiger partial charge in [0.15, 0.2) is 5.82 Å². The van der Waals surface area contributed by atoms with E-state index in [0.29, 0.717) is 6.04 Å². The van der Waals surface area contributed by atoms with Crippen LogP contribution in [0.2, 0.25) is 0 Å². The zero-order chi connectivity index (χ0) is 14.7. The molecule has 0 atom stereocenters. The standard InChI is InChI=1S/C17H17N3S/c1-12(2)18-17-16-14(10-11-21-16)19-15(20-17)9-8-13-6-4-3-5-7-13/h3-12H,1-2H3,(H,18,19,20)/b9-8+. The fourth-order valence-corrected chi connectivity index (χ4v) is 2.85. The van der Waals surface area contributed by atoms with Crippen molar-refractivity contribution in [2.24, 2.45) is 0 Å². The lowest BCUT2D eigenvalue weighted by atomic mass is 10.2. The maximum atomic E-state index is 4.63. The topological polar surface area (TPSA) is 37.8 Å². The van der Waals surface area contributed by atoms with Crippen molar-refractivity contribution in [3.63, 3.8) is 0 Å². The molecule has 2 aromatic heterocycles. The first kappa shape index (κ1) is 13.8. The molecule has 0 radical (unpaired) electrons. The molecule has 0 bridgehead atoms. The van der Waals surface area contributed by atoms with Crippen molar-refractivity contribution in [3.8, 4) is 0 Å². The highest BCUT2D eigenvalue weighted by Crippen LogP contribution is 2.26. The second-order valence-corrected chi connectivity index (χ2v) is 6.02. The molecule has 3 nitrogen and oxygen atoms in total. The van der Waals surface area contributed by atoms with E-state index in [1.807, 2.05) is 36.4 Å². The van der Waals surface area contributed by atoms with Crippen molar-refractivity contribution in [3.05, 3.63) is 53.2 Å². The Bertz CT molecular complexity index is 760. The first-order valence-corrected chi connectivity index (χ1v) is 7.85. The summed E-state index contributed by atoms with van der Waals surface area (Å²) < 4.78 is 1.11. The molecule has 1 aromatic carbocycles. The maximum absolute atomic E-state index is 4.63. The van der Waals surface area contributed by atoms with Crippen LogP contribution in [0.15, 0.2) is 41.8 Å². The number of rotatable bonds is 4. The maximum Gasteiger partial charge on any atom is 0.155 e. The van der Waals surface area contributed by atoms with Gasteiger partial charge in [0.2, 0.25) is 0 Å². The number of hydrogen-bond acceptors (Lipinski definition) is 4. The van der Waals surface area contributed by atoms with Crippen LogP contribution in [0.25, 0.3) is 22.4 Å². The monoisotopic (exact) mass is 295 g/mol. The van der Waals surface area contributed by atoms with E-state index >= 15 is 0 Å². The summed E-state index contributed by atoms with van der Waals surface area (Å²) in [5.41, 5.74) is 2.13. The zero-order valence-electron chi connectivity index (χ0n) is 12.1. The Kier molecular flexibility index (Phi) is 3.97. The second kappa shape index (κ2) is 6.06. The Balaban J connectivity index is 1.97. The van der Waals surface area contributed by atoms with E-state index in [4.69, 9.17) is 0 Å². The first-order valence-electron chi connectivity index (χ1n) is 6.97. The molecule has 0 aliphatic carbocycles. The van der Waals surface area contributed by atoms with Gasteiger partial charge in [-0.3, -0.25) is 0 Å². The molecule has 3 aromatic rings. The number of fused-ring (bicyclic) bond motifs is 1. The number of thiophene rings is 1. The van der Waals surface area contributed by atoms with Crippen molar-refractivity contribution in [2.45, 2.75) is 19.9 Å². The lowest BCUT2D eigenvalue weighted by Crippen LogP contribution is -2.11. The molecule has 0 aliphatic rings. The summed E-state index contributed by atoms with van der Waals surface area (Å²) in [6, 6.07) is 12.6. The minimum atomic E-state index is 0.344. The molecular formula is C17H17N3S. The van der Waals surface area contributed by atoms with Crippen LogP contribution in [0.1, 0.15) is 25.2 Å². The molecule has 21 heavy (non-hydrogen) atoms. The summed E-state index contributed by atoms with van der Waals surface area (Å²) in [7, 11) is 0. The quantitative estimate of drug-likeness (QED) is 0.759. The third-order valence-corrected chi connectivity index (χ3v) is 3.88. The van der Waals surface area contributed by atoms with E-state index in [1.165, 1.54) is 0 Å². The Labute approximate surface area is 128 Å². The fraction of sp³-hybridized carbons (Fsp3) is 0.176. The molecule has 0 amide bonds. The molecule has 0 saturated carbocycles. The van der Waals surface area contributed by atoms with Gasteiger partial charge in [-0.15, -0.1) is 11.3 Å². The molecule has 3 rings (SSSR count). The van der Waals surface area contributed by atoms with Gasteiger partial charge in [0, 0.05) is 6.04 Å². The van der Waals surface area contributed by atoms with Gasteiger partial charge in [-0.2, -0.15) is 0 Å². The van der Waals surface area contributed by atoms with E-state index in [9.17, 15) is 0 Å². The summed E-state index contributed by atoms with van der Waals surface area (Å²) in [6.45, 7) is 4.22. The van der Waals surface area contributed by atoms with E-state index in [2.05, 4.69) is 46.6 Å². The lowest BCUT2D eigenvalue weighted by molar-refractivity contribution is 0.890. The molecule has 4 heteroatoms. The van der Waals surface area contributed by atoms with Gasteiger partial charge in [0.1, 0.15) is 5.82 Å². The number of anilines is 1. The normalized spacial score (nSPS) is 11.6. The third kappa shape index (κ3) is 3.28. The minimum absolute atomic E-state index is 0.344. The highest BCUT2D eigenvalue weighted by molar-refractivity contribution is 7.17. The number of aromatic nitrogens is 2. The predicted molar refractivity (Wildman–Crippen MR) is 91.5 cm³/mol. The Morgan fingerprint density at radius 3 is 2.62 bits per heavy atom. The van der Waals surface area contributed by atoms with Crippen molar-refractivity contribution in [1.29, 1.82) is 0 Å². The average Bonchev–Trinajstić information content (AvgIpc) is 2.94. The molecule has 0 spiro atoms. The van der Waals surface area contributed by atoms with E-state index in [0.717, 1.165) is 27.4 Å². The van der Waals surface area contributed by atoms with E-state index in [1.54, 1.807) is 11.3 Å². The van der Waals surface area contributed by atoms with E-state index in [-0.39, 0.29) is 0 Å². The van der Waals surface area contributed by atoms with Crippen LogP contribution in [0.5, 0.6) is 0 Å². The van der Waals surface area contributed by atoms with Crippen LogP contribution in [-0.4, -0.2) is 16.0 Å². The third-order valence-electron chi connectivity index (χ3n) is 2.97. The summed E-state index contributed by atoms with van der Waals surface area (Å²) in [6.07, 6.45) is 3.99. The van der Waals surface area contributed by atoms with Crippen LogP contribution in [0, 0.1) is 0 Å². The van der Waals surface area contributed by atoms with Crippen LogP contribution >= 0.6 is 11.3 Å². The molecule has 106 valence electrons. The minimum Gasteiger partial charge on any atom is -0.367 e. The fourth-order valence-electron chi connectivity index (χ4n) is 2.06. The van der Waals surface area contributed by atoms with Crippen molar-refractivity contribution in [1.82, 2.24) is 9.97 Å². The Hall–Kier alpha value is -2.20. The van der Waals surface area contributed by atoms with Crippen molar-refractivity contribution in [2.75, 3.05) is 5.32 Å². The number of benzene rings is 1. The number of nitrogens with one attached hydrogen (secondary N) is 1. The van der Waals surface area contributed by atoms with Crippen LogP contribution in [0.3, 0.4) is 0 Å². The summed E-state index contributed by atoms with van der Waals surface area (Å²) in [4.78, 5) is 9.22. The van der Waals surface area contributed by atoms with Crippen LogP contribution in [0.4, 0.5) is 5.82 Å². The molecule has 0 fully saturated rings. The number of hydrogen-bond donors (Lipinski definition) is 1. The van der Waals surface area contributed by atoms with Gasteiger partial charge in [-0.25, -0.2) is 9.97 Å². The highest BCUT2D eigenvalue weighted by Gasteiger charge is 2.08. The molecule has 2 heterocycles. The van der Waals surface area contributed by atoms with Gasteiger partial charge >= 0.3 is 0 Å². The molecule has 0 aliphatic heterocycles. The lowest BCUT2D eigenvalue weighted by Gasteiger charge is -2.10. The van der Waals surface area contributed by atoms with E-state index < -0.39 is 0 Å². The summed E-state index contributed by atoms with van der Waals surface area (Å²) in [5, 5.41) is 5.45. The van der Waals surface area contributed by atoms with Gasteiger partial charge < -0.3 is 5.32 Å². The van der Waals surface area contributed by atoms with Crippen molar-refractivity contribution >= 4 is 39.5 Å². The first-order chi connectivity index (χ1) is 10.2. The summed E-state index contributed by atoms with van der Waals surface area (Å²) in [5.74, 6) is 1.64. The largest absolute Gasteiger partial charge is 0.367 e. The molecule has 1 N–H and O–H groups in total. The Morgan fingerprint density at radius 2 is 1.86 bits per heavy atom. The number of nitrogens with zero attached hydrogens (tertiary/aromatic N) is 2. The summed E-state index contributed by atoms with van der Waals surface area (Å²) >= 11 is 1.67. The highest BCUT2D eigenvalue weighted by atomic mass is 32.1. The second-order valence-electron chi connectivity index (χ2n) is 5.11. The molecule has 0 unspecified atom stereocenters. The smallest absolute Gasteiger partial charge is 0.155 e. The average molecular weight is 295 g/mol. The predicted octanol–water partition coefficient (Wildman–Crippen LogP) is 4.68. The SMILES string of the molecule is CC(C)Nc1nc(/C=C/c2ccccc2)nc2ccsc12. The van der Waals surface area contributed by atoms with Crippen LogP contribution < -0.4 is 5.32 Å². The molecular weight excluding hydrogens is 278 g/mol. The molecule has 0 saturated heterocycles. The van der Waals surface area contributed by atoms with Gasteiger partial charge in [0.05, 0.1) is 10.2 Å². The van der Waals surface area contributed by atoms with Gasteiger partial charge in [0.25, 0.3) is 0 Å². The van der Waals surface area contributed by atoms with Crippen molar-refractivity contribution < 1.29 is 0 Å². The zero-order valence-corrected chi connectivity index (χ0v) is 12.9. The Morgan fingerprint density at radius 1 is 1.05 bits per heavy atom. The van der Waals surface area contributed by atoms with Crippen LogP contribution in [-0.2, 0) is 0 Å². The van der Waals surface area contributed by atoms with Gasteiger partial charge in [-0.05, 0) is 36.9 Å².